The lowest BCUT2D eigenvalue weighted by atomic mass is 10.2. The van der Waals surface area contributed by atoms with Crippen molar-refractivity contribution in [3.8, 4) is 0 Å². The van der Waals surface area contributed by atoms with Crippen LogP contribution in [0.4, 0.5) is 10.1 Å². The summed E-state index contributed by atoms with van der Waals surface area (Å²) in [6.07, 6.45) is 2.61. The summed E-state index contributed by atoms with van der Waals surface area (Å²) in [5.41, 5.74) is 0.770. The third-order valence-corrected chi connectivity index (χ3v) is 4.44. The quantitative estimate of drug-likeness (QED) is 0.867. The number of carbonyl (C=O) groups is 2. The Kier molecular flexibility index (Phi) is 5.60. The first-order valence-corrected chi connectivity index (χ1v) is 8.31. The minimum atomic E-state index is -0.572. The van der Waals surface area contributed by atoms with E-state index in [0.717, 1.165) is 6.42 Å². The summed E-state index contributed by atoms with van der Waals surface area (Å²) in [5.74, 6) is 0.0174. The molecule has 1 aliphatic heterocycles. The van der Waals surface area contributed by atoms with Gasteiger partial charge in [0.1, 0.15) is 11.9 Å². The van der Waals surface area contributed by atoms with Gasteiger partial charge in [-0.2, -0.15) is 0 Å². The van der Waals surface area contributed by atoms with Gasteiger partial charge >= 0.3 is 0 Å². The van der Waals surface area contributed by atoms with E-state index in [0.29, 0.717) is 17.2 Å². The summed E-state index contributed by atoms with van der Waals surface area (Å²) >= 11 is 1.52. The van der Waals surface area contributed by atoms with Crippen molar-refractivity contribution in [1.82, 2.24) is 4.90 Å². The Labute approximate surface area is 133 Å². The first-order valence-electron chi connectivity index (χ1n) is 7.15. The molecule has 2 amide bonds. The van der Waals surface area contributed by atoms with E-state index in [9.17, 15) is 14.0 Å². The monoisotopic (exact) mass is 322 g/mol. The average molecular weight is 322 g/mol. The number of para-hydroxylation sites is 1. The van der Waals surface area contributed by atoms with Gasteiger partial charge in [-0.05, 0) is 25.5 Å². The molecular formula is C16H19FN2O2S. The van der Waals surface area contributed by atoms with E-state index in [1.807, 2.05) is 13.0 Å². The number of carbonyl (C=O) groups excluding carboxylic acids is 2. The van der Waals surface area contributed by atoms with Gasteiger partial charge in [0.25, 0.3) is 5.91 Å². The molecule has 1 fully saturated rings. The van der Waals surface area contributed by atoms with Crippen molar-refractivity contribution in [2.75, 3.05) is 16.9 Å². The highest BCUT2D eigenvalue weighted by Crippen LogP contribution is 2.24. The van der Waals surface area contributed by atoms with Crippen LogP contribution >= 0.6 is 11.8 Å². The molecule has 2 rings (SSSR count). The number of rotatable bonds is 4. The second-order valence-electron chi connectivity index (χ2n) is 5.06. The summed E-state index contributed by atoms with van der Waals surface area (Å²) in [7, 11) is 0. The molecule has 1 saturated heterocycles. The molecule has 0 saturated carbocycles. The molecule has 0 aliphatic carbocycles. The van der Waals surface area contributed by atoms with E-state index in [1.54, 1.807) is 24.0 Å². The van der Waals surface area contributed by atoms with Crippen LogP contribution in [0, 0.1) is 5.82 Å². The van der Waals surface area contributed by atoms with Gasteiger partial charge in [0.05, 0.1) is 11.6 Å². The fourth-order valence-electron chi connectivity index (χ4n) is 2.26. The zero-order chi connectivity index (χ0) is 16.1. The molecule has 0 unspecified atom stereocenters. The highest BCUT2D eigenvalue weighted by atomic mass is 32.2. The van der Waals surface area contributed by atoms with Crippen LogP contribution in [0.3, 0.4) is 0 Å². The van der Waals surface area contributed by atoms with E-state index in [4.69, 9.17) is 0 Å². The van der Waals surface area contributed by atoms with Crippen LogP contribution in [0.15, 0.2) is 35.9 Å². The minimum absolute atomic E-state index is 0.137. The lowest BCUT2D eigenvalue weighted by Gasteiger charge is -2.23. The zero-order valence-electron chi connectivity index (χ0n) is 12.6. The Morgan fingerprint density at radius 1 is 1.45 bits per heavy atom. The predicted molar refractivity (Wildman–Crippen MR) is 87.0 cm³/mol. The SMILES string of the molecule is CC/C=C(\C)C(=O)N1CSC[C@@H]1C(=O)Nc1ccccc1F. The maximum Gasteiger partial charge on any atom is 0.250 e. The maximum absolute atomic E-state index is 13.6. The van der Waals surface area contributed by atoms with Crippen molar-refractivity contribution in [2.24, 2.45) is 0 Å². The third kappa shape index (κ3) is 3.68. The lowest BCUT2D eigenvalue weighted by Crippen LogP contribution is -2.44. The van der Waals surface area contributed by atoms with Crippen LogP contribution in [-0.2, 0) is 9.59 Å². The number of benzene rings is 1. The molecule has 1 aromatic carbocycles. The number of thioether (sulfide) groups is 1. The molecule has 0 spiro atoms. The number of hydrogen-bond donors (Lipinski definition) is 1. The number of hydrogen-bond acceptors (Lipinski definition) is 3. The first-order chi connectivity index (χ1) is 10.5. The summed E-state index contributed by atoms with van der Waals surface area (Å²) in [5, 5.41) is 2.57. The standard InChI is InChI=1S/C16H19FN2O2S/c1-3-6-11(2)16(21)19-10-22-9-14(19)15(20)18-13-8-5-4-7-12(13)17/h4-8,14H,3,9-10H2,1-2H3,(H,18,20)/b11-6+/t14-/m1/s1. The van der Waals surface area contributed by atoms with E-state index in [2.05, 4.69) is 5.32 Å². The Bertz CT molecular complexity index is 604. The Morgan fingerprint density at radius 3 is 2.86 bits per heavy atom. The molecule has 0 aromatic heterocycles. The Hall–Kier alpha value is -1.82. The molecule has 4 nitrogen and oxygen atoms in total. The van der Waals surface area contributed by atoms with Crippen LogP contribution in [0.2, 0.25) is 0 Å². The average Bonchev–Trinajstić information content (AvgIpc) is 2.98. The van der Waals surface area contributed by atoms with Crippen molar-refractivity contribution >= 4 is 29.3 Å². The molecule has 118 valence electrons. The molecular weight excluding hydrogens is 303 g/mol. The topological polar surface area (TPSA) is 49.4 Å². The molecule has 0 bridgehead atoms. The predicted octanol–water partition coefficient (Wildman–Crippen LogP) is 3.02. The first kappa shape index (κ1) is 16.5. The Morgan fingerprint density at radius 2 is 2.18 bits per heavy atom. The van der Waals surface area contributed by atoms with Crippen molar-refractivity contribution in [2.45, 2.75) is 26.3 Å². The second-order valence-corrected chi connectivity index (χ2v) is 6.05. The van der Waals surface area contributed by atoms with Gasteiger partial charge in [0.15, 0.2) is 0 Å². The van der Waals surface area contributed by atoms with Crippen LogP contribution in [-0.4, -0.2) is 34.4 Å². The normalized spacial score (nSPS) is 18.4. The van der Waals surface area contributed by atoms with Crippen molar-refractivity contribution < 1.29 is 14.0 Å². The number of anilines is 1. The van der Waals surface area contributed by atoms with Crippen molar-refractivity contribution in [1.29, 1.82) is 0 Å². The second kappa shape index (κ2) is 7.45. The molecule has 6 heteroatoms. The highest BCUT2D eigenvalue weighted by Gasteiger charge is 2.35. The zero-order valence-corrected chi connectivity index (χ0v) is 13.5. The fourth-order valence-corrected chi connectivity index (χ4v) is 3.41. The molecule has 1 aliphatic rings. The van der Waals surface area contributed by atoms with E-state index in [-0.39, 0.29) is 17.5 Å². The van der Waals surface area contributed by atoms with Crippen LogP contribution in [0.25, 0.3) is 0 Å². The van der Waals surface area contributed by atoms with Crippen molar-refractivity contribution in [3.05, 3.63) is 41.7 Å². The van der Waals surface area contributed by atoms with E-state index >= 15 is 0 Å². The molecule has 22 heavy (non-hydrogen) atoms. The van der Waals surface area contributed by atoms with Crippen molar-refractivity contribution in [3.63, 3.8) is 0 Å². The summed E-state index contributed by atoms with van der Waals surface area (Å²) in [6, 6.07) is 5.43. The number of nitrogens with zero attached hydrogens (tertiary/aromatic N) is 1. The smallest absolute Gasteiger partial charge is 0.250 e. The minimum Gasteiger partial charge on any atom is -0.322 e. The van der Waals surface area contributed by atoms with Gasteiger partial charge in [0.2, 0.25) is 5.91 Å². The summed E-state index contributed by atoms with van der Waals surface area (Å²) in [4.78, 5) is 26.3. The fraction of sp³-hybridized carbons (Fsp3) is 0.375. The number of amides is 2. The molecule has 1 heterocycles. The van der Waals surface area contributed by atoms with Gasteiger partial charge in [-0.15, -0.1) is 11.8 Å². The van der Waals surface area contributed by atoms with Gasteiger partial charge in [0, 0.05) is 11.3 Å². The van der Waals surface area contributed by atoms with Gasteiger partial charge in [-0.25, -0.2) is 4.39 Å². The highest BCUT2D eigenvalue weighted by molar-refractivity contribution is 7.99. The number of halogens is 1. The largest absolute Gasteiger partial charge is 0.322 e. The third-order valence-electron chi connectivity index (χ3n) is 3.43. The van der Waals surface area contributed by atoms with E-state index < -0.39 is 11.9 Å². The molecule has 0 radical (unpaired) electrons. The molecule has 1 aromatic rings. The van der Waals surface area contributed by atoms with Gasteiger partial charge in [-0.3, -0.25) is 9.59 Å². The van der Waals surface area contributed by atoms with Gasteiger partial charge in [-0.1, -0.05) is 25.1 Å². The number of allylic oxidation sites excluding steroid dienone is 1. The Balaban J connectivity index is 2.10. The van der Waals surface area contributed by atoms with Crippen LogP contribution in [0.1, 0.15) is 20.3 Å². The van der Waals surface area contributed by atoms with E-state index in [1.165, 1.54) is 23.9 Å². The van der Waals surface area contributed by atoms with Crippen LogP contribution < -0.4 is 5.32 Å². The summed E-state index contributed by atoms with van der Waals surface area (Å²) < 4.78 is 13.6. The molecule has 1 N–H and O–H groups in total. The summed E-state index contributed by atoms with van der Waals surface area (Å²) in [6.45, 7) is 3.71. The number of nitrogens with one attached hydrogen (secondary N) is 1. The maximum atomic E-state index is 13.6. The van der Waals surface area contributed by atoms with Gasteiger partial charge < -0.3 is 10.2 Å². The van der Waals surface area contributed by atoms with Crippen LogP contribution in [0.5, 0.6) is 0 Å². The lowest BCUT2D eigenvalue weighted by molar-refractivity contribution is -0.133. The molecule has 1 atom stereocenters.